The van der Waals surface area contributed by atoms with Gasteiger partial charge in [0, 0.05) is 48.8 Å². The maximum absolute atomic E-state index is 16.8. The predicted octanol–water partition coefficient (Wildman–Crippen LogP) is 5.15. The van der Waals surface area contributed by atoms with Crippen molar-refractivity contribution in [1.29, 1.82) is 0 Å². The molecule has 3 aromatic rings. The Labute approximate surface area is 265 Å². The van der Waals surface area contributed by atoms with Crippen molar-refractivity contribution in [2.24, 2.45) is 23.2 Å². The molecular formula is C34H36ClF2N5O3. The molecule has 1 aromatic carbocycles. The smallest absolute Gasteiger partial charge is 0.319 e. The third-order valence-electron chi connectivity index (χ3n) is 12.5. The van der Waals surface area contributed by atoms with Gasteiger partial charge in [-0.15, -0.1) is 0 Å². The van der Waals surface area contributed by atoms with Crippen molar-refractivity contribution in [1.82, 2.24) is 19.9 Å². The van der Waals surface area contributed by atoms with Gasteiger partial charge in [0.1, 0.15) is 29.8 Å². The van der Waals surface area contributed by atoms with E-state index in [0.717, 1.165) is 50.9 Å². The van der Waals surface area contributed by atoms with Crippen LogP contribution in [0.25, 0.3) is 22.2 Å². The molecule has 11 heteroatoms. The normalized spacial score (nSPS) is 39.3. The second-order valence-corrected chi connectivity index (χ2v) is 15.4. The Hall–Kier alpha value is -2.66. The van der Waals surface area contributed by atoms with Crippen LogP contribution in [0.5, 0.6) is 6.01 Å². The fourth-order valence-electron chi connectivity index (χ4n) is 10.5. The minimum atomic E-state index is -0.874. The Morgan fingerprint density at radius 2 is 2.13 bits per heavy atom. The second-order valence-electron chi connectivity index (χ2n) is 15.0. The van der Waals surface area contributed by atoms with E-state index in [0.29, 0.717) is 60.3 Å². The molecule has 3 saturated heterocycles. The van der Waals surface area contributed by atoms with Crippen LogP contribution in [-0.2, 0) is 4.74 Å². The van der Waals surface area contributed by atoms with Crippen molar-refractivity contribution in [3.8, 4) is 17.3 Å². The molecule has 8 nitrogen and oxygen atoms in total. The molecule has 8 atom stereocenters. The van der Waals surface area contributed by atoms with Crippen molar-refractivity contribution < 1.29 is 23.4 Å². The number of hydrogen-bond donors (Lipinski definition) is 1. The Balaban J connectivity index is 1.11. The summed E-state index contributed by atoms with van der Waals surface area (Å²) in [5, 5.41) is 12.7. The predicted molar refractivity (Wildman–Crippen MR) is 164 cm³/mol. The molecule has 2 unspecified atom stereocenters. The Morgan fingerprint density at radius 3 is 3.04 bits per heavy atom. The summed E-state index contributed by atoms with van der Waals surface area (Å²) in [5.74, 6) is 1.10. The van der Waals surface area contributed by atoms with Crippen LogP contribution in [-0.4, -0.2) is 88.3 Å². The van der Waals surface area contributed by atoms with E-state index >= 15 is 4.39 Å². The summed E-state index contributed by atoms with van der Waals surface area (Å²) < 4.78 is 43.8. The molecular weight excluding hydrogens is 600 g/mol. The number of aromatic nitrogens is 3. The minimum absolute atomic E-state index is 0.0176. The zero-order valence-corrected chi connectivity index (χ0v) is 25.8. The molecule has 7 heterocycles. The molecule has 0 amide bonds. The van der Waals surface area contributed by atoms with Crippen LogP contribution >= 0.6 is 11.6 Å². The van der Waals surface area contributed by atoms with E-state index < -0.39 is 17.6 Å². The van der Waals surface area contributed by atoms with Gasteiger partial charge in [0.15, 0.2) is 5.82 Å². The molecule has 7 bridgehead atoms. The van der Waals surface area contributed by atoms with Crippen molar-refractivity contribution in [2.45, 2.75) is 61.8 Å². The molecule has 2 aromatic heterocycles. The van der Waals surface area contributed by atoms with Gasteiger partial charge in [-0.1, -0.05) is 23.7 Å². The van der Waals surface area contributed by atoms with Crippen LogP contribution in [0.15, 0.2) is 24.4 Å². The van der Waals surface area contributed by atoms with Crippen molar-refractivity contribution in [3.63, 3.8) is 0 Å². The number of ether oxygens (including phenoxy) is 2. The first-order valence-corrected chi connectivity index (χ1v) is 16.9. The summed E-state index contributed by atoms with van der Waals surface area (Å²) in [6.45, 7) is 3.89. The van der Waals surface area contributed by atoms with Crippen molar-refractivity contribution in [2.75, 3.05) is 50.9 Å². The first-order valence-electron chi connectivity index (χ1n) is 16.5. The van der Waals surface area contributed by atoms with E-state index in [1.165, 1.54) is 0 Å². The molecule has 0 radical (unpaired) electrons. The number of benzene rings is 1. The highest BCUT2D eigenvalue weighted by molar-refractivity contribution is 6.32. The number of pyridine rings is 1. The van der Waals surface area contributed by atoms with Crippen LogP contribution in [0.4, 0.5) is 14.6 Å². The molecule has 3 saturated carbocycles. The van der Waals surface area contributed by atoms with Gasteiger partial charge >= 0.3 is 6.01 Å². The lowest BCUT2D eigenvalue weighted by molar-refractivity contribution is -0.129. The summed E-state index contributed by atoms with van der Waals surface area (Å²) in [6.07, 6.45) is 5.62. The second kappa shape index (κ2) is 9.24. The topological polar surface area (TPSA) is 83.8 Å². The first kappa shape index (κ1) is 27.5. The standard InChI is InChI=1S/C34H36ClF2N5O3/c35-24-4-1-3-20-25(24)21-9-18(21)13-44-17-34(43)14-33-15-41(8-5-23(33)29(33)34)30-22-11-38-27(20)26(37)28(22)39-31(40-30)45-16-32-6-2-7-42(32)12-19(36)10-32/h1,3-4,11,18-19,21,23,29,43H,2,5-10,12-17H2/t18-,19-,21-,23?,29?,32+,33+,34+/m1/s1. The van der Waals surface area contributed by atoms with Gasteiger partial charge in [-0.3, -0.25) is 9.88 Å². The number of nitrogens with zero attached hydrogens (tertiary/aromatic N) is 5. The number of hydrogen-bond acceptors (Lipinski definition) is 8. The molecule has 3 aliphatic carbocycles. The fraction of sp³-hybridized carbons (Fsp3) is 0.618. The first-order chi connectivity index (χ1) is 21.8. The van der Waals surface area contributed by atoms with Gasteiger partial charge in [0.25, 0.3) is 0 Å². The maximum atomic E-state index is 16.8. The van der Waals surface area contributed by atoms with E-state index in [9.17, 15) is 9.50 Å². The summed E-state index contributed by atoms with van der Waals surface area (Å²) in [4.78, 5) is 18.7. The van der Waals surface area contributed by atoms with Crippen LogP contribution in [0.1, 0.15) is 50.0 Å². The lowest BCUT2D eigenvalue weighted by Crippen LogP contribution is -2.53. The monoisotopic (exact) mass is 635 g/mol. The maximum Gasteiger partial charge on any atom is 0.319 e. The molecule has 6 fully saturated rings. The van der Waals surface area contributed by atoms with Crippen LogP contribution in [0, 0.1) is 29.0 Å². The van der Waals surface area contributed by atoms with Crippen LogP contribution in [0.2, 0.25) is 5.02 Å². The Kier molecular flexibility index (Phi) is 5.64. The lowest BCUT2D eigenvalue weighted by Gasteiger charge is -2.45. The average molecular weight is 636 g/mol. The number of anilines is 1. The van der Waals surface area contributed by atoms with Gasteiger partial charge in [-0.25, -0.2) is 8.78 Å². The van der Waals surface area contributed by atoms with Crippen molar-refractivity contribution >= 4 is 28.3 Å². The van der Waals surface area contributed by atoms with Crippen LogP contribution < -0.4 is 9.64 Å². The molecule has 1 N–H and O–H groups in total. The quantitative estimate of drug-likeness (QED) is 0.423. The summed E-state index contributed by atoms with van der Waals surface area (Å²) >= 11 is 6.78. The zero-order chi connectivity index (χ0) is 30.3. The van der Waals surface area contributed by atoms with E-state index in [-0.39, 0.29) is 52.5 Å². The summed E-state index contributed by atoms with van der Waals surface area (Å²) in [5.41, 5.74) is 0.744. The SMILES string of the molecule is O[C@@]12COC[C@H]3C[C@H]3c3c(Cl)cccc3-c3ncc4c(nc(OC[C@@]56CCCN5C[C@H](F)C6)nc4c3F)N3CCC4C1[C@]4(C3)C2. The number of aliphatic hydroxyl groups is 1. The van der Waals surface area contributed by atoms with E-state index in [1.54, 1.807) is 6.20 Å². The zero-order valence-electron chi connectivity index (χ0n) is 25.0. The number of piperidine rings is 1. The van der Waals surface area contributed by atoms with Gasteiger partial charge < -0.3 is 19.5 Å². The average Bonchev–Trinajstić information content (AvgIpc) is 3.80. The van der Waals surface area contributed by atoms with Gasteiger partial charge in [-0.05, 0) is 73.4 Å². The van der Waals surface area contributed by atoms with E-state index in [1.807, 2.05) is 18.2 Å². The third-order valence-corrected chi connectivity index (χ3v) is 12.8. The highest BCUT2D eigenvalue weighted by Crippen LogP contribution is 2.79. The molecule has 11 rings (SSSR count). The minimum Gasteiger partial charge on any atom is -0.461 e. The highest BCUT2D eigenvalue weighted by Gasteiger charge is 2.82. The van der Waals surface area contributed by atoms with Crippen molar-refractivity contribution in [3.05, 3.63) is 40.8 Å². The molecule has 236 valence electrons. The number of halogens is 3. The number of fused-ring (bicyclic) bond motifs is 4. The van der Waals surface area contributed by atoms with Gasteiger partial charge in [-0.2, -0.15) is 9.97 Å². The molecule has 1 spiro atoms. The van der Waals surface area contributed by atoms with Gasteiger partial charge in [0.2, 0.25) is 0 Å². The van der Waals surface area contributed by atoms with E-state index in [2.05, 4.69) is 14.8 Å². The fourth-order valence-corrected chi connectivity index (χ4v) is 10.8. The highest BCUT2D eigenvalue weighted by atomic mass is 35.5. The number of alkyl halides is 1. The van der Waals surface area contributed by atoms with Crippen LogP contribution in [0.3, 0.4) is 0 Å². The molecule has 45 heavy (non-hydrogen) atoms. The number of rotatable bonds is 3. The third kappa shape index (κ3) is 3.82. The van der Waals surface area contributed by atoms with Gasteiger partial charge in [0.05, 0.1) is 29.7 Å². The Bertz CT molecular complexity index is 1760. The lowest BCUT2D eigenvalue weighted by atomic mass is 9.70. The largest absolute Gasteiger partial charge is 0.461 e. The summed E-state index contributed by atoms with van der Waals surface area (Å²) in [6, 6.07) is 5.65. The Morgan fingerprint density at radius 1 is 1.22 bits per heavy atom. The van der Waals surface area contributed by atoms with E-state index in [4.69, 9.17) is 31.0 Å². The molecule has 5 aliphatic heterocycles. The molecule has 8 aliphatic rings. The summed E-state index contributed by atoms with van der Waals surface area (Å²) in [7, 11) is 0.